The van der Waals surface area contributed by atoms with Gasteiger partial charge in [0.1, 0.15) is 4.32 Å². The Hall–Kier alpha value is -1.71. The normalized spacial score (nSPS) is 17.0. The summed E-state index contributed by atoms with van der Waals surface area (Å²) in [5.41, 5.74) is 0.640. The van der Waals surface area contributed by atoms with Gasteiger partial charge in [-0.2, -0.15) is 11.8 Å². The number of phenolic OH excluding ortho intramolecular Hbond substituents is 1. The monoisotopic (exact) mass is 412 g/mol. The minimum atomic E-state index is -1.32. The number of ether oxygens (including phenoxy) is 1. The van der Waals surface area contributed by atoms with Gasteiger partial charge in [-0.15, -0.1) is 0 Å². The molecule has 26 heavy (non-hydrogen) atoms. The topological polar surface area (TPSA) is 89.9 Å². The highest BCUT2D eigenvalue weighted by Gasteiger charge is 2.37. The summed E-state index contributed by atoms with van der Waals surface area (Å²) in [6, 6.07) is 3.63. The van der Waals surface area contributed by atoms with Crippen molar-refractivity contribution < 1.29 is 24.5 Å². The maximum Gasteiger partial charge on any atom is 0.266 e. The van der Waals surface area contributed by atoms with Gasteiger partial charge in [0, 0.05) is 0 Å². The highest BCUT2D eigenvalue weighted by Crippen LogP contribution is 2.36. The molecule has 1 aliphatic rings. The van der Waals surface area contributed by atoms with Gasteiger partial charge in [-0.25, -0.2) is 0 Å². The summed E-state index contributed by atoms with van der Waals surface area (Å²) in [5, 5.41) is 21.2. The summed E-state index contributed by atoms with van der Waals surface area (Å²) < 4.78 is 5.52. The lowest BCUT2D eigenvalue weighted by molar-refractivity contribution is -0.310. The van der Waals surface area contributed by atoms with Crippen molar-refractivity contribution in [2.75, 3.05) is 18.6 Å². The summed E-state index contributed by atoms with van der Waals surface area (Å²) >= 11 is 7.74. The molecule has 0 radical (unpaired) electrons. The predicted octanol–water partition coefficient (Wildman–Crippen LogP) is 1.86. The van der Waals surface area contributed by atoms with Crippen molar-refractivity contribution in [3.05, 3.63) is 28.7 Å². The Morgan fingerprint density at radius 3 is 2.88 bits per heavy atom. The Kier molecular flexibility index (Phi) is 7.36. The number of aromatic hydroxyl groups is 1. The molecule has 1 heterocycles. The molecule has 1 aliphatic heterocycles. The lowest BCUT2D eigenvalue weighted by Gasteiger charge is -2.27. The number of carbonyl (C=O) groups is 2. The Bertz CT molecular complexity index is 750. The second-order valence-corrected chi connectivity index (χ2v) is 7.99. The van der Waals surface area contributed by atoms with Crippen molar-refractivity contribution in [1.82, 2.24) is 4.90 Å². The van der Waals surface area contributed by atoms with Crippen molar-refractivity contribution in [3.8, 4) is 11.5 Å². The summed E-state index contributed by atoms with van der Waals surface area (Å²) in [6.07, 6.45) is 3.72. The Morgan fingerprint density at radius 2 is 2.27 bits per heavy atom. The quantitative estimate of drug-likeness (QED) is 0.511. The number of thiocarbonyl (C=S) groups is 1. The van der Waals surface area contributed by atoms with Crippen LogP contribution in [0, 0.1) is 0 Å². The number of hydrogen-bond donors (Lipinski definition) is 1. The average Bonchev–Trinajstić information content (AvgIpc) is 2.86. The third kappa shape index (κ3) is 4.72. The van der Waals surface area contributed by atoms with Gasteiger partial charge in [0.15, 0.2) is 11.5 Å². The molecule has 0 aromatic heterocycles. The first-order valence-electron chi connectivity index (χ1n) is 7.81. The number of carboxylic acids is 1. The molecule has 1 aromatic carbocycles. The molecule has 140 valence electrons. The van der Waals surface area contributed by atoms with Crippen LogP contribution >= 0.6 is 35.7 Å². The standard InChI is InChI=1S/C17H19NO5S3/c1-3-23-13-8-10(4-5-12(13)19)9-14-15(20)18(17(24)26-14)11(16(21)22)6-7-25-2/h4-5,8-9,11,19H,3,6-7H2,1-2H3,(H,21,22)/p-1. The molecule has 1 amide bonds. The molecular formula is C17H18NO5S3-. The number of amides is 1. The SMILES string of the molecule is CCOc1cc(C=C2SC(=S)N(C(CCSC)C(=O)[O-])C2=O)ccc1O. The van der Waals surface area contributed by atoms with E-state index in [9.17, 15) is 19.8 Å². The van der Waals surface area contributed by atoms with Crippen LogP contribution in [-0.2, 0) is 9.59 Å². The minimum absolute atomic E-state index is 0.00521. The van der Waals surface area contributed by atoms with Gasteiger partial charge < -0.3 is 19.7 Å². The average molecular weight is 413 g/mol. The van der Waals surface area contributed by atoms with E-state index in [1.807, 2.05) is 6.26 Å². The molecule has 0 saturated carbocycles. The molecule has 1 unspecified atom stereocenters. The van der Waals surface area contributed by atoms with Crippen LogP contribution in [0.2, 0.25) is 0 Å². The number of phenols is 1. The molecule has 1 saturated heterocycles. The molecule has 0 bridgehead atoms. The molecular weight excluding hydrogens is 394 g/mol. The van der Waals surface area contributed by atoms with Crippen LogP contribution in [0.5, 0.6) is 11.5 Å². The van der Waals surface area contributed by atoms with E-state index in [0.717, 1.165) is 16.7 Å². The van der Waals surface area contributed by atoms with Crippen LogP contribution in [0.1, 0.15) is 18.9 Å². The number of nitrogens with zero attached hydrogens (tertiary/aromatic N) is 1. The van der Waals surface area contributed by atoms with Crippen LogP contribution in [0.3, 0.4) is 0 Å². The second kappa shape index (κ2) is 9.29. The summed E-state index contributed by atoms with van der Waals surface area (Å²) in [4.78, 5) is 25.6. The number of carbonyl (C=O) groups excluding carboxylic acids is 2. The zero-order valence-corrected chi connectivity index (χ0v) is 16.7. The number of carboxylic acid groups (broad SMARTS) is 1. The van der Waals surface area contributed by atoms with E-state index < -0.39 is 17.9 Å². The highest BCUT2D eigenvalue weighted by molar-refractivity contribution is 8.26. The fourth-order valence-electron chi connectivity index (χ4n) is 2.37. The Labute approximate surface area is 165 Å². The number of aliphatic carboxylic acids is 1. The first kappa shape index (κ1) is 20.6. The van der Waals surface area contributed by atoms with Gasteiger partial charge in [0.05, 0.1) is 23.5 Å². The van der Waals surface area contributed by atoms with E-state index in [1.54, 1.807) is 25.1 Å². The largest absolute Gasteiger partial charge is 0.548 e. The Morgan fingerprint density at radius 1 is 1.54 bits per heavy atom. The molecule has 6 nitrogen and oxygen atoms in total. The predicted molar refractivity (Wildman–Crippen MR) is 106 cm³/mol. The van der Waals surface area contributed by atoms with E-state index >= 15 is 0 Å². The molecule has 9 heteroatoms. The van der Waals surface area contributed by atoms with Gasteiger partial charge in [-0.3, -0.25) is 9.69 Å². The first-order valence-corrected chi connectivity index (χ1v) is 10.4. The second-order valence-electron chi connectivity index (χ2n) is 5.33. The van der Waals surface area contributed by atoms with E-state index in [4.69, 9.17) is 17.0 Å². The molecule has 1 fully saturated rings. The van der Waals surface area contributed by atoms with Crippen molar-refractivity contribution in [1.29, 1.82) is 0 Å². The van der Waals surface area contributed by atoms with Crippen LogP contribution < -0.4 is 9.84 Å². The van der Waals surface area contributed by atoms with Gasteiger partial charge in [0.2, 0.25) is 0 Å². The van der Waals surface area contributed by atoms with E-state index in [1.165, 1.54) is 17.8 Å². The number of benzene rings is 1. The maximum absolute atomic E-state index is 12.7. The number of thioether (sulfide) groups is 2. The van der Waals surface area contributed by atoms with Crippen molar-refractivity contribution >= 4 is 58.0 Å². The molecule has 1 atom stereocenters. The van der Waals surface area contributed by atoms with Crippen LogP contribution in [-0.4, -0.2) is 50.9 Å². The van der Waals surface area contributed by atoms with Crippen LogP contribution in [0.25, 0.3) is 6.08 Å². The van der Waals surface area contributed by atoms with Gasteiger partial charge in [0.25, 0.3) is 5.91 Å². The van der Waals surface area contributed by atoms with Gasteiger partial charge >= 0.3 is 0 Å². The smallest absolute Gasteiger partial charge is 0.266 e. The summed E-state index contributed by atoms with van der Waals surface area (Å²) in [7, 11) is 0. The molecule has 1 N–H and O–H groups in total. The zero-order valence-electron chi connectivity index (χ0n) is 14.3. The number of rotatable bonds is 8. The van der Waals surface area contributed by atoms with Gasteiger partial charge in [-0.1, -0.05) is 30.0 Å². The van der Waals surface area contributed by atoms with Gasteiger partial charge in [-0.05, 0) is 49.1 Å². The third-order valence-corrected chi connectivity index (χ3v) is 5.56. The Balaban J connectivity index is 2.28. The molecule has 0 spiro atoms. The zero-order chi connectivity index (χ0) is 19.3. The van der Waals surface area contributed by atoms with Crippen molar-refractivity contribution in [2.45, 2.75) is 19.4 Å². The van der Waals surface area contributed by atoms with Crippen molar-refractivity contribution in [3.63, 3.8) is 0 Å². The first-order chi connectivity index (χ1) is 12.4. The van der Waals surface area contributed by atoms with Crippen molar-refractivity contribution in [2.24, 2.45) is 0 Å². The molecule has 0 aliphatic carbocycles. The lowest BCUT2D eigenvalue weighted by Crippen LogP contribution is -2.50. The van der Waals surface area contributed by atoms with E-state index in [2.05, 4.69) is 0 Å². The van der Waals surface area contributed by atoms with E-state index in [0.29, 0.717) is 28.6 Å². The number of hydrogen-bond acceptors (Lipinski definition) is 8. The fourth-order valence-corrected chi connectivity index (χ4v) is 4.19. The fraction of sp³-hybridized carbons (Fsp3) is 0.353. The lowest BCUT2D eigenvalue weighted by atomic mass is 10.1. The highest BCUT2D eigenvalue weighted by atomic mass is 32.2. The summed E-state index contributed by atoms with van der Waals surface area (Å²) in [5.74, 6) is -0.888. The maximum atomic E-state index is 12.7. The summed E-state index contributed by atoms with van der Waals surface area (Å²) in [6.45, 7) is 2.19. The molecule has 2 rings (SSSR count). The van der Waals surface area contributed by atoms with Crippen LogP contribution in [0.15, 0.2) is 23.1 Å². The van der Waals surface area contributed by atoms with Crippen LogP contribution in [0.4, 0.5) is 0 Å². The third-order valence-electron chi connectivity index (χ3n) is 3.58. The van der Waals surface area contributed by atoms with E-state index in [-0.39, 0.29) is 16.5 Å². The molecule has 1 aromatic rings. The minimum Gasteiger partial charge on any atom is -0.548 e.